The molecular weight excluding hydrogens is 232 g/mol. The maximum absolute atomic E-state index is 10.2. The van der Waals surface area contributed by atoms with Gasteiger partial charge in [-0.05, 0) is 6.07 Å². The van der Waals surface area contributed by atoms with E-state index in [0.717, 1.165) is 12.1 Å². The van der Waals surface area contributed by atoms with Crippen LogP contribution in [0.25, 0.3) is 0 Å². The van der Waals surface area contributed by atoms with Crippen molar-refractivity contribution in [1.29, 1.82) is 0 Å². The molecule has 0 spiro atoms. The molecule has 1 aromatic carbocycles. The van der Waals surface area contributed by atoms with Crippen LogP contribution in [0, 0.1) is 0 Å². The molecule has 2 atom stereocenters. The molecular formula is C13H20N2O3. The predicted octanol–water partition coefficient (Wildman–Crippen LogP) is -0.00470. The van der Waals surface area contributed by atoms with Gasteiger partial charge in [0.25, 0.3) is 0 Å². The Labute approximate surface area is 107 Å². The second-order valence-corrected chi connectivity index (χ2v) is 4.55. The summed E-state index contributed by atoms with van der Waals surface area (Å²) in [4.78, 5) is 2.04. The monoisotopic (exact) mass is 252 g/mol. The van der Waals surface area contributed by atoms with Crippen molar-refractivity contribution in [2.45, 2.75) is 12.1 Å². The molecule has 0 aliphatic carbocycles. The first kappa shape index (κ1) is 13.3. The highest BCUT2D eigenvalue weighted by Gasteiger charge is 2.25. The molecule has 4 N–H and O–H groups in total. The molecule has 2 rings (SSSR count). The lowest BCUT2D eigenvalue weighted by Crippen LogP contribution is -2.48. The second kappa shape index (κ2) is 6.15. The van der Waals surface area contributed by atoms with E-state index in [1.807, 2.05) is 23.1 Å². The topological polar surface area (TPSA) is 79.0 Å². The summed E-state index contributed by atoms with van der Waals surface area (Å²) in [5, 5.41) is 19.5. The van der Waals surface area contributed by atoms with E-state index >= 15 is 0 Å². The highest BCUT2D eigenvalue weighted by molar-refractivity contribution is 5.47. The number of hydrogen-bond donors (Lipinski definition) is 3. The van der Waals surface area contributed by atoms with E-state index in [9.17, 15) is 10.2 Å². The first-order valence-corrected chi connectivity index (χ1v) is 6.17. The van der Waals surface area contributed by atoms with E-state index in [-0.39, 0.29) is 12.6 Å². The maximum atomic E-state index is 10.2. The summed E-state index contributed by atoms with van der Waals surface area (Å²) in [6, 6.07) is 7.27. The standard InChI is InChI=1S/C13H20N2O3/c14-12-4-2-1-3-11(12)13(17)7-15-5-6-18-9-10(15)8-16/h1-4,10,13,16-17H,5-9,14H2. The molecule has 1 aliphatic heterocycles. The number of morpholine rings is 1. The van der Waals surface area contributed by atoms with Gasteiger partial charge >= 0.3 is 0 Å². The van der Waals surface area contributed by atoms with Crippen LogP contribution >= 0.6 is 0 Å². The van der Waals surface area contributed by atoms with Crippen LogP contribution in [0.15, 0.2) is 24.3 Å². The molecule has 5 heteroatoms. The van der Waals surface area contributed by atoms with Crippen molar-refractivity contribution in [2.75, 3.05) is 38.6 Å². The van der Waals surface area contributed by atoms with Gasteiger partial charge in [-0.3, -0.25) is 4.90 Å². The van der Waals surface area contributed by atoms with Gasteiger partial charge in [0.1, 0.15) is 0 Å². The van der Waals surface area contributed by atoms with Gasteiger partial charge in [0.05, 0.1) is 32.0 Å². The summed E-state index contributed by atoms with van der Waals surface area (Å²) in [6.45, 7) is 2.36. The molecule has 1 aliphatic rings. The minimum atomic E-state index is -0.640. The Balaban J connectivity index is 2.02. The molecule has 1 saturated heterocycles. The number of hydrogen-bond acceptors (Lipinski definition) is 5. The molecule has 2 unspecified atom stereocenters. The van der Waals surface area contributed by atoms with Gasteiger partial charge in [0.2, 0.25) is 0 Å². The number of ether oxygens (including phenoxy) is 1. The number of nitrogens with zero attached hydrogens (tertiary/aromatic N) is 1. The van der Waals surface area contributed by atoms with Crippen molar-refractivity contribution in [3.05, 3.63) is 29.8 Å². The number of β-amino-alcohol motifs (C(OH)–C–C–N with tert-alkyl or cyclic N) is 1. The van der Waals surface area contributed by atoms with Crippen LogP contribution < -0.4 is 5.73 Å². The van der Waals surface area contributed by atoms with Gasteiger partial charge in [-0.25, -0.2) is 0 Å². The summed E-state index contributed by atoms with van der Waals surface area (Å²) in [6.07, 6.45) is -0.640. The molecule has 0 amide bonds. The number of nitrogen functional groups attached to an aromatic ring is 1. The Morgan fingerprint density at radius 2 is 2.22 bits per heavy atom. The van der Waals surface area contributed by atoms with Crippen molar-refractivity contribution >= 4 is 5.69 Å². The minimum Gasteiger partial charge on any atom is -0.398 e. The number of benzene rings is 1. The zero-order valence-corrected chi connectivity index (χ0v) is 10.3. The third-order valence-corrected chi connectivity index (χ3v) is 3.32. The molecule has 1 fully saturated rings. The molecule has 1 heterocycles. The molecule has 100 valence electrons. The lowest BCUT2D eigenvalue weighted by molar-refractivity contribution is -0.0436. The summed E-state index contributed by atoms with van der Waals surface area (Å²) >= 11 is 0. The Morgan fingerprint density at radius 1 is 1.44 bits per heavy atom. The van der Waals surface area contributed by atoms with Crippen LogP contribution in [-0.2, 0) is 4.74 Å². The van der Waals surface area contributed by atoms with E-state index < -0.39 is 6.10 Å². The van der Waals surface area contributed by atoms with E-state index in [0.29, 0.717) is 25.4 Å². The van der Waals surface area contributed by atoms with Crippen LogP contribution in [0.4, 0.5) is 5.69 Å². The van der Waals surface area contributed by atoms with Crippen LogP contribution in [0.3, 0.4) is 0 Å². The Kier molecular flexibility index (Phi) is 4.54. The molecule has 0 bridgehead atoms. The van der Waals surface area contributed by atoms with Crippen molar-refractivity contribution in [1.82, 2.24) is 4.90 Å². The fourth-order valence-electron chi connectivity index (χ4n) is 2.23. The largest absolute Gasteiger partial charge is 0.398 e. The Morgan fingerprint density at radius 3 is 2.94 bits per heavy atom. The van der Waals surface area contributed by atoms with Crippen LogP contribution in [-0.4, -0.2) is 54.1 Å². The van der Waals surface area contributed by atoms with Gasteiger partial charge < -0.3 is 20.7 Å². The number of anilines is 1. The Hall–Kier alpha value is -1.14. The summed E-state index contributed by atoms with van der Waals surface area (Å²) in [5.41, 5.74) is 7.17. The highest BCUT2D eigenvalue weighted by Crippen LogP contribution is 2.22. The van der Waals surface area contributed by atoms with E-state index in [1.54, 1.807) is 6.07 Å². The summed E-state index contributed by atoms with van der Waals surface area (Å²) in [7, 11) is 0. The van der Waals surface area contributed by atoms with Crippen molar-refractivity contribution in [3.8, 4) is 0 Å². The van der Waals surface area contributed by atoms with Gasteiger partial charge in [-0.15, -0.1) is 0 Å². The van der Waals surface area contributed by atoms with Crippen LogP contribution in [0.1, 0.15) is 11.7 Å². The van der Waals surface area contributed by atoms with Crippen LogP contribution in [0.2, 0.25) is 0 Å². The number of nitrogens with two attached hydrogens (primary N) is 1. The number of aliphatic hydroxyl groups is 2. The third kappa shape index (κ3) is 3.00. The average molecular weight is 252 g/mol. The van der Waals surface area contributed by atoms with Crippen LogP contribution in [0.5, 0.6) is 0 Å². The number of aliphatic hydroxyl groups excluding tert-OH is 2. The summed E-state index contributed by atoms with van der Waals surface area (Å²) in [5.74, 6) is 0. The quantitative estimate of drug-likeness (QED) is 0.657. The predicted molar refractivity (Wildman–Crippen MR) is 69.1 cm³/mol. The minimum absolute atomic E-state index is 0.0387. The third-order valence-electron chi connectivity index (χ3n) is 3.32. The van der Waals surface area contributed by atoms with E-state index in [4.69, 9.17) is 10.5 Å². The van der Waals surface area contributed by atoms with Crippen molar-refractivity contribution < 1.29 is 14.9 Å². The smallest absolute Gasteiger partial charge is 0.0936 e. The average Bonchev–Trinajstić information content (AvgIpc) is 2.39. The number of rotatable bonds is 4. The fourth-order valence-corrected chi connectivity index (χ4v) is 2.23. The fraction of sp³-hybridized carbons (Fsp3) is 0.538. The van der Waals surface area contributed by atoms with E-state index in [1.165, 1.54) is 0 Å². The van der Waals surface area contributed by atoms with Gasteiger partial charge in [-0.2, -0.15) is 0 Å². The highest BCUT2D eigenvalue weighted by atomic mass is 16.5. The normalized spacial score (nSPS) is 22.9. The summed E-state index contributed by atoms with van der Waals surface area (Å²) < 4.78 is 5.31. The van der Waals surface area contributed by atoms with Crippen molar-refractivity contribution in [3.63, 3.8) is 0 Å². The zero-order valence-electron chi connectivity index (χ0n) is 10.3. The SMILES string of the molecule is Nc1ccccc1C(O)CN1CCOCC1CO. The second-order valence-electron chi connectivity index (χ2n) is 4.55. The molecule has 1 aromatic rings. The zero-order chi connectivity index (χ0) is 13.0. The van der Waals surface area contributed by atoms with Gasteiger partial charge in [0.15, 0.2) is 0 Å². The molecule has 0 radical (unpaired) electrons. The van der Waals surface area contributed by atoms with Gasteiger partial charge in [0, 0.05) is 24.3 Å². The molecule has 5 nitrogen and oxygen atoms in total. The first-order chi connectivity index (χ1) is 8.72. The maximum Gasteiger partial charge on any atom is 0.0936 e. The van der Waals surface area contributed by atoms with E-state index in [2.05, 4.69) is 0 Å². The Bertz CT molecular complexity index is 386. The van der Waals surface area contributed by atoms with Gasteiger partial charge in [-0.1, -0.05) is 18.2 Å². The first-order valence-electron chi connectivity index (χ1n) is 6.17. The lowest BCUT2D eigenvalue weighted by atomic mass is 10.1. The molecule has 0 aromatic heterocycles. The number of para-hydroxylation sites is 1. The molecule has 18 heavy (non-hydrogen) atoms. The molecule has 0 saturated carbocycles. The van der Waals surface area contributed by atoms with Crippen molar-refractivity contribution in [2.24, 2.45) is 0 Å². The lowest BCUT2D eigenvalue weighted by Gasteiger charge is -2.35.